The minimum Gasteiger partial charge on any atom is -0.325 e. The molecule has 2 atom stereocenters. The van der Waals surface area contributed by atoms with Gasteiger partial charge in [0.1, 0.15) is 0 Å². The van der Waals surface area contributed by atoms with E-state index in [-0.39, 0.29) is 11.8 Å². The summed E-state index contributed by atoms with van der Waals surface area (Å²) in [6.07, 6.45) is 1.02. The number of hydrogen-bond donors (Lipinski definition) is 1. The molecule has 3 heteroatoms. The summed E-state index contributed by atoms with van der Waals surface area (Å²) in [6.45, 7) is 4.13. The minimum absolute atomic E-state index is 0.145. The zero-order valence-electron chi connectivity index (χ0n) is 8.88. The highest BCUT2D eigenvalue weighted by Crippen LogP contribution is 2.39. The second kappa shape index (κ2) is 3.97. The Kier molecular flexibility index (Phi) is 2.83. The lowest BCUT2D eigenvalue weighted by atomic mass is 10.2. The van der Waals surface area contributed by atoms with Gasteiger partial charge in [-0.25, -0.2) is 0 Å². The molecule has 1 amide bonds. The van der Waals surface area contributed by atoms with Gasteiger partial charge < -0.3 is 5.32 Å². The third-order valence-corrected chi connectivity index (χ3v) is 3.48. The van der Waals surface area contributed by atoms with Gasteiger partial charge in [-0.05, 0) is 52.9 Å². The molecule has 0 bridgehead atoms. The van der Waals surface area contributed by atoms with Crippen LogP contribution in [0.5, 0.6) is 0 Å². The standard InChI is InChI=1S/C12H14BrNO/c1-7-3-4-11(10(13)5-7)14-12(15)9-6-8(9)2/h3-5,8-9H,6H2,1-2H3,(H,14,15)/t8-,9+/m1/s1. The Bertz CT molecular complexity index is 403. The van der Waals surface area contributed by atoms with Crippen LogP contribution in [0.15, 0.2) is 22.7 Å². The number of benzene rings is 1. The van der Waals surface area contributed by atoms with Crippen molar-refractivity contribution in [1.29, 1.82) is 0 Å². The summed E-state index contributed by atoms with van der Waals surface area (Å²) >= 11 is 3.45. The highest BCUT2D eigenvalue weighted by molar-refractivity contribution is 9.10. The van der Waals surface area contributed by atoms with Crippen molar-refractivity contribution in [2.24, 2.45) is 11.8 Å². The average molecular weight is 268 g/mol. The van der Waals surface area contributed by atoms with E-state index in [0.717, 1.165) is 16.6 Å². The van der Waals surface area contributed by atoms with Gasteiger partial charge in [0.05, 0.1) is 5.69 Å². The van der Waals surface area contributed by atoms with Gasteiger partial charge in [0.15, 0.2) is 0 Å². The maximum absolute atomic E-state index is 11.7. The van der Waals surface area contributed by atoms with E-state index in [1.54, 1.807) is 0 Å². The van der Waals surface area contributed by atoms with Crippen LogP contribution in [0.25, 0.3) is 0 Å². The van der Waals surface area contributed by atoms with Crippen molar-refractivity contribution in [3.8, 4) is 0 Å². The van der Waals surface area contributed by atoms with Gasteiger partial charge in [-0.2, -0.15) is 0 Å². The van der Waals surface area contributed by atoms with Crippen LogP contribution in [0, 0.1) is 18.8 Å². The minimum atomic E-state index is 0.145. The van der Waals surface area contributed by atoms with Crippen LogP contribution in [0.4, 0.5) is 5.69 Å². The first-order valence-electron chi connectivity index (χ1n) is 5.15. The third-order valence-electron chi connectivity index (χ3n) is 2.83. The molecule has 1 aromatic rings. The van der Waals surface area contributed by atoms with Crippen molar-refractivity contribution in [3.05, 3.63) is 28.2 Å². The van der Waals surface area contributed by atoms with Crippen molar-refractivity contribution in [2.75, 3.05) is 5.32 Å². The summed E-state index contributed by atoms with van der Waals surface area (Å²) in [7, 11) is 0. The largest absolute Gasteiger partial charge is 0.325 e. The lowest BCUT2D eigenvalue weighted by Crippen LogP contribution is -2.14. The first kappa shape index (κ1) is 10.7. The first-order chi connectivity index (χ1) is 7.08. The number of rotatable bonds is 2. The summed E-state index contributed by atoms with van der Waals surface area (Å²) in [4.78, 5) is 11.7. The van der Waals surface area contributed by atoms with Gasteiger partial charge in [0.2, 0.25) is 5.91 Å². The molecule has 2 rings (SSSR count). The van der Waals surface area contributed by atoms with E-state index in [2.05, 4.69) is 28.2 Å². The van der Waals surface area contributed by atoms with Crippen LogP contribution in [0.2, 0.25) is 0 Å². The van der Waals surface area contributed by atoms with Crippen molar-refractivity contribution >= 4 is 27.5 Å². The number of carbonyl (C=O) groups excluding carboxylic acids is 1. The van der Waals surface area contributed by atoms with Crippen molar-refractivity contribution < 1.29 is 4.79 Å². The second-order valence-corrected chi connectivity index (χ2v) is 5.15. The smallest absolute Gasteiger partial charge is 0.227 e. The number of amides is 1. The molecule has 15 heavy (non-hydrogen) atoms. The summed E-state index contributed by atoms with van der Waals surface area (Å²) in [6, 6.07) is 5.94. The Labute approximate surface area is 98.2 Å². The molecule has 1 saturated carbocycles. The van der Waals surface area contributed by atoms with Crippen LogP contribution in [0.1, 0.15) is 18.9 Å². The molecule has 0 heterocycles. The summed E-state index contributed by atoms with van der Waals surface area (Å²) in [5, 5.41) is 2.94. The highest BCUT2D eigenvalue weighted by Gasteiger charge is 2.39. The molecule has 1 aromatic carbocycles. The van der Waals surface area contributed by atoms with Gasteiger partial charge in [-0.3, -0.25) is 4.79 Å². The van der Waals surface area contributed by atoms with Gasteiger partial charge in [-0.15, -0.1) is 0 Å². The SMILES string of the molecule is Cc1ccc(NC(=O)[C@H]2C[C@H]2C)c(Br)c1. The Morgan fingerprint density at radius 3 is 2.73 bits per heavy atom. The van der Waals surface area contributed by atoms with Crippen LogP contribution in [0.3, 0.4) is 0 Å². The van der Waals surface area contributed by atoms with E-state index < -0.39 is 0 Å². The maximum atomic E-state index is 11.7. The fourth-order valence-electron chi connectivity index (χ4n) is 1.63. The Hall–Kier alpha value is -0.830. The molecule has 0 aromatic heterocycles. The van der Waals surface area contributed by atoms with Crippen LogP contribution < -0.4 is 5.32 Å². The topological polar surface area (TPSA) is 29.1 Å². The van der Waals surface area contributed by atoms with Crippen molar-refractivity contribution in [1.82, 2.24) is 0 Å². The predicted molar refractivity (Wildman–Crippen MR) is 64.8 cm³/mol. The van der Waals surface area contributed by atoms with E-state index >= 15 is 0 Å². The van der Waals surface area contributed by atoms with Gasteiger partial charge >= 0.3 is 0 Å². The van der Waals surface area contributed by atoms with E-state index in [1.807, 2.05) is 25.1 Å². The molecule has 1 aliphatic rings. The molecule has 0 saturated heterocycles. The van der Waals surface area contributed by atoms with Crippen LogP contribution in [-0.2, 0) is 4.79 Å². The van der Waals surface area contributed by atoms with E-state index in [1.165, 1.54) is 5.56 Å². The Morgan fingerprint density at radius 1 is 1.53 bits per heavy atom. The molecular weight excluding hydrogens is 254 g/mol. The Morgan fingerprint density at radius 2 is 2.20 bits per heavy atom. The molecule has 1 fully saturated rings. The number of anilines is 1. The molecule has 1 aliphatic carbocycles. The van der Waals surface area contributed by atoms with E-state index in [4.69, 9.17) is 0 Å². The molecular formula is C12H14BrNO. The molecule has 2 nitrogen and oxygen atoms in total. The number of halogens is 1. The first-order valence-corrected chi connectivity index (χ1v) is 5.94. The third kappa shape index (κ3) is 2.40. The fraction of sp³-hybridized carbons (Fsp3) is 0.417. The average Bonchev–Trinajstić information content (AvgIpc) is 2.88. The van der Waals surface area contributed by atoms with E-state index in [9.17, 15) is 4.79 Å². The fourth-order valence-corrected chi connectivity index (χ4v) is 2.23. The van der Waals surface area contributed by atoms with Crippen LogP contribution >= 0.6 is 15.9 Å². The zero-order chi connectivity index (χ0) is 11.0. The van der Waals surface area contributed by atoms with E-state index in [0.29, 0.717) is 5.92 Å². The van der Waals surface area contributed by atoms with Gasteiger partial charge in [0.25, 0.3) is 0 Å². The number of carbonyl (C=O) groups is 1. The van der Waals surface area contributed by atoms with Crippen LogP contribution in [-0.4, -0.2) is 5.91 Å². The highest BCUT2D eigenvalue weighted by atomic mass is 79.9. The predicted octanol–water partition coefficient (Wildman–Crippen LogP) is 3.35. The molecule has 0 spiro atoms. The monoisotopic (exact) mass is 267 g/mol. The van der Waals surface area contributed by atoms with Crippen molar-refractivity contribution in [3.63, 3.8) is 0 Å². The molecule has 0 aliphatic heterocycles. The van der Waals surface area contributed by atoms with Crippen molar-refractivity contribution in [2.45, 2.75) is 20.3 Å². The normalized spacial score (nSPS) is 23.7. The number of aryl methyl sites for hydroxylation is 1. The summed E-state index contributed by atoms with van der Waals surface area (Å²) in [5.41, 5.74) is 2.05. The second-order valence-electron chi connectivity index (χ2n) is 4.29. The lowest BCUT2D eigenvalue weighted by molar-refractivity contribution is -0.117. The zero-order valence-corrected chi connectivity index (χ0v) is 10.5. The van der Waals surface area contributed by atoms with Gasteiger partial charge in [0, 0.05) is 10.4 Å². The Balaban J connectivity index is 2.07. The number of nitrogens with one attached hydrogen (secondary N) is 1. The maximum Gasteiger partial charge on any atom is 0.227 e. The molecule has 1 N–H and O–H groups in total. The molecule has 80 valence electrons. The molecule has 0 unspecified atom stereocenters. The summed E-state index contributed by atoms with van der Waals surface area (Å²) in [5.74, 6) is 0.916. The van der Waals surface area contributed by atoms with Gasteiger partial charge in [-0.1, -0.05) is 13.0 Å². The quantitative estimate of drug-likeness (QED) is 0.875. The molecule has 0 radical (unpaired) electrons. The summed E-state index contributed by atoms with van der Waals surface area (Å²) < 4.78 is 0.948. The number of hydrogen-bond acceptors (Lipinski definition) is 1. The lowest BCUT2D eigenvalue weighted by Gasteiger charge is -2.07.